The van der Waals surface area contributed by atoms with Gasteiger partial charge in [0.05, 0.1) is 13.0 Å². The third-order valence-corrected chi connectivity index (χ3v) is 3.54. The first-order chi connectivity index (χ1) is 8.61. The first-order valence-electron chi connectivity index (χ1n) is 6.20. The highest BCUT2D eigenvalue weighted by Gasteiger charge is 2.25. The van der Waals surface area contributed by atoms with Gasteiger partial charge in [-0.15, -0.1) is 0 Å². The standard InChI is InChI=1S/C14H18FNO2/c1-10-9-12(3-4-13(10)15)16-7-5-11(6-8-16)14(17)18-2/h3-4,9,11H,5-8H2,1-2H3. The number of esters is 1. The number of aryl methyl sites for hydroxylation is 1. The zero-order valence-corrected chi connectivity index (χ0v) is 10.8. The number of rotatable bonds is 2. The highest BCUT2D eigenvalue weighted by atomic mass is 19.1. The number of hydrogen-bond acceptors (Lipinski definition) is 3. The molecule has 0 N–H and O–H groups in total. The molecular weight excluding hydrogens is 233 g/mol. The Labute approximate surface area is 107 Å². The summed E-state index contributed by atoms with van der Waals surface area (Å²) in [5.41, 5.74) is 1.68. The van der Waals surface area contributed by atoms with Crippen molar-refractivity contribution in [3.63, 3.8) is 0 Å². The molecule has 1 aliphatic heterocycles. The Hall–Kier alpha value is -1.58. The molecule has 4 heteroatoms. The molecule has 0 aromatic heterocycles. The second kappa shape index (κ2) is 5.38. The molecule has 3 nitrogen and oxygen atoms in total. The predicted molar refractivity (Wildman–Crippen MR) is 68.1 cm³/mol. The minimum absolute atomic E-state index is 0.00722. The van der Waals surface area contributed by atoms with Gasteiger partial charge in [-0.05, 0) is 43.5 Å². The van der Waals surface area contributed by atoms with Crippen LogP contribution >= 0.6 is 0 Å². The molecule has 2 rings (SSSR count). The summed E-state index contributed by atoms with van der Waals surface area (Å²) < 4.78 is 18.0. The van der Waals surface area contributed by atoms with Gasteiger partial charge in [-0.3, -0.25) is 4.79 Å². The van der Waals surface area contributed by atoms with E-state index in [-0.39, 0.29) is 17.7 Å². The van der Waals surface area contributed by atoms with Gasteiger partial charge in [-0.25, -0.2) is 4.39 Å². The molecule has 0 aliphatic carbocycles. The molecule has 0 atom stereocenters. The third-order valence-electron chi connectivity index (χ3n) is 3.54. The van der Waals surface area contributed by atoms with E-state index in [1.807, 2.05) is 6.07 Å². The minimum atomic E-state index is -0.178. The van der Waals surface area contributed by atoms with Gasteiger partial charge in [0.2, 0.25) is 0 Å². The maximum absolute atomic E-state index is 13.2. The normalized spacial score (nSPS) is 16.7. The fourth-order valence-electron chi connectivity index (χ4n) is 2.37. The summed E-state index contributed by atoms with van der Waals surface area (Å²) in [7, 11) is 1.43. The molecule has 1 heterocycles. The molecule has 0 saturated carbocycles. The molecule has 0 radical (unpaired) electrons. The second-order valence-corrected chi connectivity index (χ2v) is 4.72. The van der Waals surface area contributed by atoms with Crippen molar-refractivity contribution >= 4 is 11.7 Å². The quantitative estimate of drug-likeness (QED) is 0.756. The molecular formula is C14H18FNO2. The predicted octanol–water partition coefficient (Wildman–Crippen LogP) is 2.52. The fourth-order valence-corrected chi connectivity index (χ4v) is 2.37. The van der Waals surface area contributed by atoms with Crippen molar-refractivity contribution in [3.05, 3.63) is 29.6 Å². The van der Waals surface area contributed by atoms with Gasteiger partial charge in [-0.1, -0.05) is 0 Å². The molecule has 1 aromatic carbocycles. The lowest BCUT2D eigenvalue weighted by Gasteiger charge is -2.32. The van der Waals surface area contributed by atoms with E-state index in [4.69, 9.17) is 4.74 Å². The largest absolute Gasteiger partial charge is 0.469 e. The average Bonchev–Trinajstić information content (AvgIpc) is 2.41. The molecule has 0 amide bonds. The molecule has 0 spiro atoms. The smallest absolute Gasteiger partial charge is 0.308 e. The number of benzene rings is 1. The van der Waals surface area contributed by atoms with Crippen LogP contribution < -0.4 is 4.90 Å². The van der Waals surface area contributed by atoms with Crippen LogP contribution in [0.5, 0.6) is 0 Å². The van der Waals surface area contributed by atoms with E-state index in [0.29, 0.717) is 5.56 Å². The highest BCUT2D eigenvalue weighted by Crippen LogP contribution is 2.25. The topological polar surface area (TPSA) is 29.5 Å². The summed E-state index contributed by atoms with van der Waals surface area (Å²) in [6.07, 6.45) is 1.59. The van der Waals surface area contributed by atoms with Gasteiger partial charge < -0.3 is 9.64 Å². The van der Waals surface area contributed by atoms with Crippen LogP contribution in [0.15, 0.2) is 18.2 Å². The summed E-state index contributed by atoms with van der Waals surface area (Å²) in [4.78, 5) is 13.6. The van der Waals surface area contributed by atoms with Gasteiger partial charge in [0.15, 0.2) is 0 Å². The van der Waals surface area contributed by atoms with E-state index in [9.17, 15) is 9.18 Å². The Morgan fingerprint density at radius 2 is 2.06 bits per heavy atom. The van der Waals surface area contributed by atoms with E-state index >= 15 is 0 Å². The maximum atomic E-state index is 13.2. The summed E-state index contributed by atoms with van der Waals surface area (Å²) in [5.74, 6) is -0.291. The van der Waals surface area contributed by atoms with Gasteiger partial charge >= 0.3 is 5.97 Å². The van der Waals surface area contributed by atoms with Crippen LogP contribution in [0.4, 0.5) is 10.1 Å². The first kappa shape index (κ1) is 12.9. The Morgan fingerprint density at radius 3 is 2.61 bits per heavy atom. The van der Waals surface area contributed by atoms with Crippen molar-refractivity contribution in [2.75, 3.05) is 25.1 Å². The number of halogens is 1. The van der Waals surface area contributed by atoms with Crippen LogP contribution in [0.3, 0.4) is 0 Å². The lowest BCUT2D eigenvalue weighted by atomic mass is 9.96. The van der Waals surface area contributed by atoms with Crippen LogP contribution in [-0.4, -0.2) is 26.2 Å². The lowest BCUT2D eigenvalue weighted by molar-refractivity contribution is -0.146. The number of carbonyl (C=O) groups excluding carboxylic acids is 1. The van der Waals surface area contributed by atoms with E-state index in [2.05, 4.69) is 4.90 Å². The van der Waals surface area contributed by atoms with Crippen LogP contribution in [0.2, 0.25) is 0 Å². The van der Waals surface area contributed by atoms with E-state index in [0.717, 1.165) is 31.6 Å². The molecule has 1 saturated heterocycles. The van der Waals surface area contributed by atoms with E-state index in [1.54, 1.807) is 13.0 Å². The van der Waals surface area contributed by atoms with Gasteiger partial charge in [0.25, 0.3) is 0 Å². The van der Waals surface area contributed by atoms with Crippen molar-refractivity contribution in [1.29, 1.82) is 0 Å². The fraction of sp³-hybridized carbons (Fsp3) is 0.500. The first-order valence-corrected chi connectivity index (χ1v) is 6.20. The zero-order valence-electron chi connectivity index (χ0n) is 10.8. The number of carbonyl (C=O) groups is 1. The maximum Gasteiger partial charge on any atom is 0.308 e. The molecule has 98 valence electrons. The lowest BCUT2D eigenvalue weighted by Crippen LogP contribution is -2.36. The van der Waals surface area contributed by atoms with Crippen molar-refractivity contribution in [1.82, 2.24) is 0 Å². The number of nitrogens with zero attached hydrogens (tertiary/aromatic N) is 1. The van der Waals surface area contributed by atoms with E-state index in [1.165, 1.54) is 13.2 Å². The van der Waals surface area contributed by atoms with Crippen LogP contribution in [0, 0.1) is 18.7 Å². The van der Waals surface area contributed by atoms with Crippen LogP contribution in [-0.2, 0) is 9.53 Å². The molecule has 1 aliphatic rings. The second-order valence-electron chi connectivity index (χ2n) is 4.72. The van der Waals surface area contributed by atoms with Crippen molar-refractivity contribution in [2.45, 2.75) is 19.8 Å². The molecule has 0 bridgehead atoms. The number of methoxy groups -OCH3 is 1. The molecule has 1 fully saturated rings. The Balaban J connectivity index is 2.01. The number of anilines is 1. The summed E-state index contributed by atoms with van der Waals surface area (Å²) in [6, 6.07) is 5.14. The average molecular weight is 251 g/mol. The number of piperidine rings is 1. The van der Waals surface area contributed by atoms with Crippen molar-refractivity contribution < 1.29 is 13.9 Å². The number of hydrogen-bond donors (Lipinski definition) is 0. The Bertz CT molecular complexity index is 439. The van der Waals surface area contributed by atoms with Crippen LogP contribution in [0.25, 0.3) is 0 Å². The van der Waals surface area contributed by atoms with Crippen LogP contribution in [0.1, 0.15) is 18.4 Å². The van der Waals surface area contributed by atoms with Gasteiger partial charge in [0.1, 0.15) is 5.82 Å². The Morgan fingerprint density at radius 1 is 1.39 bits per heavy atom. The molecule has 1 aromatic rings. The minimum Gasteiger partial charge on any atom is -0.469 e. The number of ether oxygens (including phenoxy) is 1. The molecule has 18 heavy (non-hydrogen) atoms. The summed E-state index contributed by atoms with van der Waals surface area (Å²) in [5, 5.41) is 0. The van der Waals surface area contributed by atoms with E-state index < -0.39 is 0 Å². The van der Waals surface area contributed by atoms with Gasteiger partial charge in [-0.2, -0.15) is 0 Å². The summed E-state index contributed by atoms with van der Waals surface area (Å²) >= 11 is 0. The summed E-state index contributed by atoms with van der Waals surface area (Å²) in [6.45, 7) is 3.38. The third kappa shape index (κ3) is 2.63. The Kier molecular flexibility index (Phi) is 3.84. The van der Waals surface area contributed by atoms with Crippen molar-refractivity contribution in [2.24, 2.45) is 5.92 Å². The van der Waals surface area contributed by atoms with Crippen molar-refractivity contribution in [3.8, 4) is 0 Å². The SMILES string of the molecule is COC(=O)C1CCN(c2ccc(F)c(C)c2)CC1. The van der Waals surface area contributed by atoms with Gasteiger partial charge in [0, 0.05) is 18.8 Å². The zero-order chi connectivity index (χ0) is 13.1. The highest BCUT2D eigenvalue weighted by molar-refractivity contribution is 5.72. The monoisotopic (exact) mass is 251 g/mol. The molecule has 0 unspecified atom stereocenters.